The molecule has 0 aliphatic heterocycles. The van der Waals surface area contributed by atoms with Crippen LogP contribution in [0, 0.1) is 6.92 Å². The molecule has 0 saturated heterocycles. The number of hydrogen-bond donors (Lipinski definition) is 0. The van der Waals surface area contributed by atoms with Crippen molar-refractivity contribution in [2.75, 3.05) is 0 Å². The summed E-state index contributed by atoms with van der Waals surface area (Å²) in [5.41, 5.74) is 5.93. The smallest absolute Gasteiger partial charge is 0.0802 e. The maximum atomic E-state index is 2.39. The van der Waals surface area contributed by atoms with Crippen molar-refractivity contribution in [1.82, 2.24) is 0 Å². The van der Waals surface area contributed by atoms with E-state index in [1.54, 1.807) is 15.9 Å². The Hall–Kier alpha value is -1.86. The molecule has 3 rings (SSSR count). The molecular weight excluding hydrogens is 460 g/mol. The molecule has 2 radical (unpaired) electrons. The SMILES string of the molecule is CCCCCCCCCCCCCCCCCCc1c(C)cccc1[Si]C1=C(c2ccccc2)C=CC1. The molecule has 0 nitrogen and oxygen atoms in total. The maximum Gasteiger partial charge on any atom is 0.117 e. The maximum absolute atomic E-state index is 2.39. The van der Waals surface area contributed by atoms with E-state index in [1.807, 2.05) is 0 Å². The van der Waals surface area contributed by atoms with Crippen LogP contribution in [0.25, 0.3) is 5.57 Å². The molecule has 0 atom stereocenters. The van der Waals surface area contributed by atoms with Crippen molar-refractivity contribution in [3.63, 3.8) is 0 Å². The van der Waals surface area contributed by atoms with Crippen LogP contribution in [-0.2, 0) is 6.42 Å². The second-order valence-electron chi connectivity index (χ2n) is 11.1. The fourth-order valence-electron chi connectivity index (χ4n) is 5.68. The molecule has 0 spiro atoms. The summed E-state index contributed by atoms with van der Waals surface area (Å²) in [6.45, 7) is 4.62. The highest BCUT2D eigenvalue weighted by atomic mass is 28.2. The lowest BCUT2D eigenvalue weighted by molar-refractivity contribution is 0.529. The van der Waals surface area contributed by atoms with Gasteiger partial charge in [0.15, 0.2) is 0 Å². The molecule has 0 amide bonds. The lowest BCUT2D eigenvalue weighted by Gasteiger charge is -2.14. The molecule has 2 aromatic carbocycles. The van der Waals surface area contributed by atoms with Gasteiger partial charge < -0.3 is 0 Å². The molecule has 1 heteroatoms. The zero-order valence-electron chi connectivity index (χ0n) is 24.0. The molecule has 1 aliphatic carbocycles. The van der Waals surface area contributed by atoms with Crippen LogP contribution in [-0.4, -0.2) is 9.52 Å². The largest absolute Gasteiger partial charge is 0.117 e. The lowest BCUT2D eigenvalue weighted by atomic mass is 10.0. The van der Waals surface area contributed by atoms with Gasteiger partial charge in [-0.25, -0.2) is 0 Å². The summed E-state index contributed by atoms with van der Waals surface area (Å²) >= 11 is 0. The molecule has 2 aromatic rings. The number of rotatable bonds is 20. The summed E-state index contributed by atoms with van der Waals surface area (Å²) in [5, 5.41) is 3.18. The van der Waals surface area contributed by atoms with Gasteiger partial charge in [0.2, 0.25) is 0 Å². The van der Waals surface area contributed by atoms with Crippen LogP contribution in [0.2, 0.25) is 0 Å². The van der Waals surface area contributed by atoms with E-state index in [1.165, 1.54) is 126 Å². The van der Waals surface area contributed by atoms with Gasteiger partial charge in [-0.05, 0) is 48.4 Å². The number of unbranched alkanes of at least 4 members (excludes halogenated alkanes) is 15. The average molecular weight is 513 g/mol. The minimum atomic E-state index is 0.787. The van der Waals surface area contributed by atoms with Gasteiger partial charge in [0.1, 0.15) is 9.52 Å². The Morgan fingerprint density at radius 3 is 1.78 bits per heavy atom. The van der Waals surface area contributed by atoms with Gasteiger partial charge >= 0.3 is 0 Å². The summed E-state index contributed by atoms with van der Waals surface area (Å²) < 4.78 is 0. The minimum absolute atomic E-state index is 0.787. The van der Waals surface area contributed by atoms with Crippen LogP contribution in [0.4, 0.5) is 0 Å². The van der Waals surface area contributed by atoms with Crippen molar-refractivity contribution >= 4 is 20.3 Å². The van der Waals surface area contributed by atoms with E-state index in [0.29, 0.717) is 0 Å². The molecule has 0 heterocycles. The zero-order chi connectivity index (χ0) is 26.0. The number of aryl methyl sites for hydroxylation is 1. The van der Waals surface area contributed by atoms with E-state index < -0.39 is 0 Å². The zero-order valence-corrected chi connectivity index (χ0v) is 25.0. The highest BCUT2D eigenvalue weighted by Crippen LogP contribution is 2.27. The highest BCUT2D eigenvalue weighted by Gasteiger charge is 2.15. The van der Waals surface area contributed by atoms with Crippen LogP contribution >= 0.6 is 0 Å². The van der Waals surface area contributed by atoms with Gasteiger partial charge in [0.05, 0.1) is 0 Å². The van der Waals surface area contributed by atoms with Crippen LogP contribution < -0.4 is 5.19 Å². The summed E-state index contributed by atoms with van der Waals surface area (Å²) in [7, 11) is 0.787. The molecule has 0 unspecified atom stereocenters. The van der Waals surface area contributed by atoms with E-state index in [0.717, 1.165) is 15.9 Å². The molecule has 0 bridgehead atoms. The van der Waals surface area contributed by atoms with Gasteiger partial charge in [-0.3, -0.25) is 0 Å². The number of allylic oxidation sites excluding steroid dienone is 4. The molecule has 0 N–H and O–H groups in total. The Bertz CT molecular complexity index is 936. The predicted octanol–water partition coefficient (Wildman–Crippen LogP) is 10.5. The van der Waals surface area contributed by atoms with Gasteiger partial charge in [0, 0.05) is 0 Å². The molecule has 0 saturated carbocycles. The molecule has 37 heavy (non-hydrogen) atoms. The van der Waals surface area contributed by atoms with Crippen molar-refractivity contribution in [3.8, 4) is 0 Å². The Morgan fingerprint density at radius 1 is 0.622 bits per heavy atom. The summed E-state index contributed by atoms with van der Waals surface area (Å²) in [5.74, 6) is 0. The minimum Gasteiger partial charge on any atom is -0.0802 e. The first-order chi connectivity index (χ1) is 18.3. The van der Waals surface area contributed by atoms with Crippen molar-refractivity contribution in [2.24, 2.45) is 0 Å². The van der Waals surface area contributed by atoms with Crippen molar-refractivity contribution < 1.29 is 0 Å². The summed E-state index contributed by atoms with van der Waals surface area (Å²) in [6.07, 6.45) is 30.0. The van der Waals surface area contributed by atoms with Gasteiger partial charge in [0.25, 0.3) is 0 Å². The van der Waals surface area contributed by atoms with E-state index in [4.69, 9.17) is 0 Å². The fraction of sp³-hybridized carbons (Fsp3) is 0.556. The van der Waals surface area contributed by atoms with E-state index >= 15 is 0 Å². The fourth-order valence-corrected chi connectivity index (χ4v) is 7.24. The second-order valence-corrected chi connectivity index (χ2v) is 12.5. The molecular formula is C36H52Si. The Labute approximate surface area is 231 Å². The molecule has 200 valence electrons. The predicted molar refractivity (Wildman–Crippen MR) is 167 cm³/mol. The summed E-state index contributed by atoms with van der Waals surface area (Å²) in [6, 6.07) is 17.9. The topological polar surface area (TPSA) is 0 Å². The Balaban J connectivity index is 1.29. The van der Waals surface area contributed by atoms with Crippen LogP contribution in [0.5, 0.6) is 0 Å². The Kier molecular flexibility index (Phi) is 14.8. The van der Waals surface area contributed by atoms with Crippen molar-refractivity contribution in [2.45, 2.75) is 129 Å². The Morgan fingerprint density at radius 2 is 1.19 bits per heavy atom. The second kappa shape index (κ2) is 18.4. The number of benzene rings is 2. The van der Waals surface area contributed by atoms with E-state index in [9.17, 15) is 0 Å². The van der Waals surface area contributed by atoms with Gasteiger partial charge in [-0.2, -0.15) is 0 Å². The van der Waals surface area contributed by atoms with Crippen molar-refractivity contribution in [3.05, 3.63) is 82.6 Å². The third kappa shape index (κ3) is 11.2. The van der Waals surface area contributed by atoms with Gasteiger partial charge in [-0.15, -0.1) is 0 Å². The monoisotopic (exact) mass is 512 g/mol. The normalized spacial score (nSPS) is 13.1. The van der Waals surface area contributed by atoms with Crippen LogP contribution in [0.15, 0.2) is 65.9 Å². The standard InChI is InChI=1S/C36H52Si/c1-3-4-5-6-7-8-9-10-11-12-13-14-15-16-17-21-27-33-31(2)24-22-29-35(33)37-36-30-23-28-34(36)32-25-19-18-20-26-32/h18-20,22-26,28-29H,3-17,21,27,30H2,1-2H3. The number of hydrogen-bond acceptors (Lipinski definition) is 0. The molecule has 0 fully saturated rings. The van der Waals surface area contributed by atoms with E-state index in [-0.39, 0.29) is 0 Å². The lowest BCUT2D eigenvalue weighted by Crippen LogP contribution is -2.22. The van der Waals surface area contributed by atoms with Crippen molar-refractivity contribution in [1.29, 1.82) is 0 Å². The van der Waals surface area contributed by atoms with E-state index in [2.05, 4.69) is 74.5 Å². The third-order valence-electron chi connectivity index (χ3n) is 7.99. The van der Waals surface area contributed by atoms with Gasteiger partial charge in [-0.1, -0.05) is 174 Å². The average Bonchev–Trinajstić information content (AvgIpc) is 3.38. The first-order valence-corrected chi connectivity index (χ1v) is 16.6. The van der Waals surface area contributed by atoms with Crippen LogP contribution in [0.1, 0.15) is 133 Å². The highest BCUT2D eigenvalue weighted by molar-refractivity contribution is 6.63. The molecule has 0 aromatic heterocycles. The summed E-state index contributed by atoms with van der Waals surface area (Å²) in [4.78, 5) is 0. The quantitative estimate of drug-likeness (QED) is 0.122. The first kappa shape index (κ1) is 29.7. The third-order valence-corrected chi connectivity index (χ3v) is 9.51. The first-order valence-electron chi connectivity index (χ1n) is 15.6. The van der Waals surface area contributed by atoms with Crippen LogP contribution in [0.3, 0.4) is 0 Å². The molecule has 1 aliphatic rings.